The van der Waals surface area contributed by atoms with Crippen molar-refractivity contribution in [2.75, 3.05) is 5.73 Å². The highest BCUT2D eigenvalue weighted by Crippen LogP contribution is 2.37. The molecule has 0 radical (unpaired) electrons. The number of phenolic OH excluding ortho intramolecular Hbond substituents is 1. The van der Waals surface area contributed by atoms with Gasteiger partial charge in [0.15, 0.2) is 0 Å². The van der Waals surface area contributed by atoms with Gasteiger partial charge in [-0.2, -0.15) is 13.2 Å². The Hall–Kier alpha value is -2.17. The zero-order valence-electron chi connectivity index (χ0n) is 9.20. The monoisotopic (exact) mass is 253 g/mol. The Kier molecular flexibility index (Phi) is 2.90. The van der Waals surface area contributed by atoms with Crippen LogP contribution in [0.3, 0.4) is 0 Å². The average Bonchev–Trinajstić information content (AvgIpc) is 2.29. The van der Waals surface area contributed by atoms with E-state index in [1.54, 1.807) is 12.1 Å². The van der Waals surface area contributed by atoms with Crippen LogP contribution in [0.5, 0.6) is 5.75 Å². The number of para-hydroxylation sites is 1. The second kappa shape index (κ2) is 4.25. The second-order valence-corrected chi connectivity index (χ2v) is 3.82. The van der Waals surface area contributed by atoms with Gasteiger partial charge < -0.3 is 10.8 Å². The van der Waals surface area contributed by atoms with Crippen molar-refractivity contribution in [2.45, 2.75) is 6.18 Å². The van der Waals surface area contributed by atoms with Crippen molar-refractivity contribution < 1.29 is 18.3 Å². The van der Waals surface area contributed by atoms with Crippen LogP contribution in [-0.4, -0.2) is 5.11 Å². The first-order valence-corrected chi connectivity index (χ1v) is 5.14. The number of phenols is 1. The van der Waals surface area contributed by atoms with E-state index in [1.807, 2.05) is 0 Å². The van der Waals surface area contributed by atoms with Gasteiger partial charge in [0.05, 0.1) is 5.56 Å². The van der Waals surface area contributed by atoms with Crippen molar-refractivity contribution >= 4 is 5.69 Å². The van der Waals surface area contributed by atoms with Gasteiger partial charge in [-0.25, -0.2) is 0 Å². The third kappa shape index (κ3) is 2.25. The molecule has 0 aliphatic rings. The summed E-state index contributed by atoms with van der Waals surface area (Å²) in [5, 5.41) is 9.65. The molecule has 0 fully saturated rings. The molecule has 0 spiro atoms. The van der Waals surface area contributed by atoms with Crippen molar-refractivity contribution in [3.8, 4) is 16.9 Å². The fourth-order valence-corrected chi connectivity index (χ4v) is 1.67. The molecule has 2 nitrogen and oxygen atoms in total. The molecule has 94 valence electrons. The van der Waals surface area contributed by atoms with Gasteiger partial charge in [-0.3, -0.25) is 0 Å². The third-order valence-electron chi connectivity index (χ3n) is 2.57. The van der Waals surface area contributed by atoms with Gasteiger partial charge in [0, 0.05) is 16.8 Å². The van der Waals surface area contributed by atoms with Crippen LogP contribution in [0, 0.1) is 0 Å². The molecular weight excluding hydrogens is 243 g/mol. The molecule has 0 atom stereocenters. The summed E-state index contributed by atoms with van der Waals surface area (Å²) in [4.78, 5) is 0. The molecule has 0 unspecified atom stereocenters. The molecule has 0 saturated carbocycles. The highest BCUT2D eigenvalue weighted by atomic mass is 19.4. The standard InChI is InChI=1S/C13H10F3NO/c14-13(15,16)8-5-6-11(17)10(7-8)9-3-1-2-4-12(9)18/h1-7,18H,17H2. The summed E-state index contributed by atoms with van der Waals surface area (Å²) in [5.74, 6) is -0.108. The van der Waals surface area contributed by atoms with Gasteiger partial charge in [0.1, 0.15) is 5.75 Å². The lowest BCUT2D eigenvalue weighted by atomic mass is 10.00. The number of hydrogen-bond donors (Lipinski definition) is 2. The Labute approximate surface area is 101 Å². The van der Waals surface area contributed by atoms with Crippen LogP contribution in [0.4, 0.5) is 18.9 Å². The van der Waals surface area contributed by atoms with Crippen molar-refractivity contribution in [1.82, 2.24) is 0 Å². The molecule has 0 amide bonds. The van der Waals surface area contributed by atoms with Crippen molar-refractivity contribution in [2.24, 2.45) is 0 Å². The SMILES string of the molecule is Nc1ccc(C(F)(F)F)cc1-c1ccccc1O. The molecule has 0 aliphatic heterocycles. The number of nitrogen functional groups attached to an aromatic ring is 1. The molecule has 0 saturated heterocycles. The minimum absolute atomic E-state index is 0.108. The fraction of sp³-hybridized carbons (Fsp3) is 0.0769. The predicted molar refractivity (Wildman–Crippen MR) is 63.0 cm³/mol. The number of alkyl halides is 3. The maximum absolute atomic E-state index is 12.6. The van der Waals surface area contributed by atoms with Gasteiger partial charge in [0.2, 0.25) is 0 Å². The van der Waals surface area contributed by atoms with E-state index in [0.717, 1.165) is 12.1 Å². The van der Waals surface area contributed by atoms with E-state index < -0.39 is 11.7 Å². The summed E-state index contributed by atoms with van der Waals surface area (Å²) in [6.45, 7) is 0. The van der Waals surface area contributed by atoms with E-state index in [4.69, 9.17) is 5.73 Å². The number of aromatic hydroxyl groups is 1. The minimum Gasteiger partial charge on any atom is -0.507 e. The Morgan fingerprint density at radius 2 is 1.61 bits per heavy atom. The average molecular weight is 253 g/mol. The van der Waals surface area contributed by atoms with Gasteiger partial charge in [0.25, 0.3) is 0 Å². The van der Waals surface area contributed by atoms with Crippen LogP contribution in [-0.2, 0) is 6.18 Å². The van der Waals surface area contributed by atoms with Crippen molar-refractivity contribution in [3.63, 3.8) is 0 Å². The quantitative estimate of drug-likeness (QED) is 0.762. The van der Waals surface area contributed by atoms with Crippen LogP contribution in [0.2, 0.25) is 0 Å². The number of halogens is 3. The molecule has 2 aromatic rings. The highest BCUT2D eigenvalue weighted by molar-refractivity contribution is 5.80. The smallest absolute Gasteiger partial charge is 0.416 e. The molecule has 5 heteroatoms. The number of rotatable bonds is 1. The minimum atomic E-state index is -4.44. The molecule has 0 aromatic heterocycles. The number of anilines is 1. The zero-order chi connectivity index (χ0) is 13.3. The van der Waals surface area contributed by atoms with Crippen LogP contribution in [0.15, 0.2) is 42.5 Å². The van der Waals surface area contributed by atoms with E-state index in [1.165, 1.54) is 18.2 Å². The summed E-state index contributed by atoms with van der Waals surface area (Å²) < 4.78 is 37.8. The van der Waals surface area contributed by atoms with E-state index in [9.17, 15) is 18.3 Å². The first-order chi connectivity index (χ1) is 8.39. The molecule has 2 rings (SSSR count). The van der Waals surface area contributed by atoms with E-state index in [-0.39, 0.29) is 22.6 Å². The normalized spacial score (nSPS) is 11.5. The van der Waals surface area contributed by atoms with Crippen molar-refractivity contribution in [1.29, 1.82) is 0 Å². The number of benzene rings is 2. The maximum Gasteiger partial charge on any atom is 0.416 e. The topological polar surface area (TPSA) is 46.2 Å². The van der Waals surface area contributed by atoms with E-state index in [0.29, 0.717) is 0 Å². The summed E-state index contributed by atoms with van der Waals surface area (Å²) in [7, 11) is 0. The Balaban J connectivity index is 2.61. The number of nitrogens with two attached hydrogens (primary N) is 1. The second-order valence-electron chi connectivity index (χ2n) is 3.82. The Bertz CT molecular complexity index is 579. The van der Waals surface area contributed by atoms with Crippen LogP contribution in [0.1, 0.15) is 5.56 Å². The third-order valence-corrected chi connectivity index (χ3v) is 2.57. The van der Waals surface area contributed by atoms with Gasteiger partial charge in [-0.1, -0.05) is 18.2 Å². The van der Waals surface area contributed by atoms with Gasteiger partial charge in [-0.15, -0.1) is 0 Å². The molecule has 3 N–H and O–H groups in total. The lowest BCUT2D eigenvalue weighted by Gasteiger charge is -2.12. The summed E-state index contributed by atoms with van der Waals surface area (Å²) >= 11 is 0. The molecule has 2 aromatic carbocycles. The fourth-order valence-electron chi connectivity index (χ4n) is 1.67. The maximum atomic E-state index is 12.6. The molecule has 0 heterocycles. The first kappa shape index (κ1) is 12.3. The lowest BCUT2D eigenvalue weighted by Crippen LogP contribution is -2.05. The molecule has 0 bridgehead atoms. The zero-order valence-corrected chi connectivity index (χ0v) is 9.20. The van der Waals surface area contributed by atoms with Gasteiger partial charge in [-0.05, 0) is 24.3 Å². The Morgan fingerprint density at radius 1 is 0.944 bits per heavy atom. The summed E-state index contributed by atoms with van der Waals surface area (Å²) in [6, 6.07) is 9.15. The van der Waals surface area contributed by atoms with E-state index >= 15 is 0 Å². The van der Waals surface area contributed by atoms with Gasteiger partial charge >= 0.3 is 6.18 Å². The molecule has 18 heavy (non-hydrogen) atoms. The predicted octanol–water partition coefficient (Wildman–Crippen LogP) is 3.66. The Morgan fingerprint density at radius 3 is 2.22 bits per heavy atom. The summed E-state index contributed by atoms with van der Waals surface area (Å²) in [6.07, 6.45) is -4.44. The summed E-state index contributed by atoms with van der Waals surface area (Å²) in [5.41, 5.74) is 5.49. The van der Waals surface area contributed by atoms with E-state index in [2.05, 4.69) is 0 Å². The largest absolute Gasteiger partial charge is 0.507 e. The highest BCUT2D eigenvalue weighted by Gasteiger charge is 2.31. The van der Waals surface area contributed by atoms with Crippen molar-refractivity contribution in [3.05, 3.63) is 48.0 Å². The lowest BCUT2D eigenvalue weighted by molar-refractivity contribution is -0.137. The number of hydrogen-bond acceptors (Lipinski definition) is 2. The molecular formula is C13H10F3NO. The van der Waals surface area contributed by atoms with Crippen LogP contribution < -0.4 is 5.73 Å². The van der Waals surface area contributed by atoms with Crippen LogP contribution in [0.25, 0.3) is 11.1 Å². The first-order valence-electron chi connectivity index (χ1n) is 5.14. The van der Waals surface area contributed by atoms with Crippen LogP contribution >= 0.6 is 0 Å². The molecule has 0 aliphatic carbocycles.